The Morgan fingerprint density at radius 1 is 1.15 bits per heavy atom. The molecule has 0 radical (unpaired) electrons. The summed E-state index contributed by atoms with van der Waals surface area (Å²) >= 11 is 0. The normalized spacial score (nSPS) is 44.6. The van der Waals surface area contributed by atoms with Crippen molar-refractivity contribution in [3.8, 4) is 0 Å². The van der Waals surface area contributed by atoms with Gasteiger partial charge in [0, 0.05) is 31.3 Å². The SMILES string of the molecule is COC[C@]12CCC(=O)C=C1CC[C@@H]1[C@@H]2CC[C@]2(C)C(OC(C)=O)CC[C@@H]12. The molecule has 4 rings (SSSR count). The molecule has 3 saturated carbocycles. The van der Waals surface area contributed by atoms with Gasteiger partial charge in [-0.15, -0.1) is 0 Å². The first-order chi connectivity index (χ1) is 12.4. The monoisotopic (exact) mass is 360 g/mol. The predicted molar refractivity (Wildman–Crippen MR) is 98.5 cm³/mol. The van der Waals surface area contributed by atoms with Gasteiger partial charge in [-0.2, -0.15) is 0 Å². The smallest absolute Gasteiger partial charge is 0.302 e. The number of fused-ring (bicyclic) bond motifs is 5. The number of hydrogen-bond donors (Lipinski definition) is 0. The Kier molecular flexibility index (Phi) is 4.53. The summed E-state index contributed by atoms with van der Waals surface area (Å²) in [6.07, 6.45) is 10.3. The molecular formula is C22H32O4. The van der Waals surface area contributed by atoms with Crippen molar-refractivity contribution in [1.29, 1.82) is 0 Å². The van der Waals surface area contributed by atoms with Crippen LogP contribution in [0.3, 0.4) is 0 Å². The molecule has 26 heavy (non-hydrogen) atoms. The van der Waals surface area contributed by atoms with Crippen LogP contribution in [0.1, 0.15) is 65.2 Å². The minimum atomic E-state index is -0.144. The van der Waals surface area contributed by atoms with Crippen LogP contribution in [-0.4, -0.2) is 31.6 Å². The molecule has 0 spiro atoms. The highest BCUT2D eigenvalue weighted by molar-refractivity contribution is 5.91. The van der Waals surface area contributed by atoms with Crippen molar-refractivity contribution >= 4 is 11.8 Å². The second-order valence-electron chi connectivity index (χ2n) is 9.36. The first-order valence-electron chi connectivity index (χ1n) is 10.3. The second-order valence-corrected chi connectivity index (χ2v) is 9.36. The van der Waals surface area contributed by atoms with Gasteiger partial charge in [0.05, 0.1) is 6.61 Å². The summed E-state index contributed by atoms with van der Waals surface area (Å²) < 4.78 is 11.5. The molecule has 6 atom stereocenters. The van der Waals surface area contributed by atoms with Crippen LogP contribution < -0.4 is 0 Å². The molecule has 4 aliphatic carbocycles. The fraction of sp³-hybridized carbons (Fsp3) is 0.818. The third-order valence-corrected chi connectivity index (χ3v) is 8.31. The molecule has 0 heterocycles. The summed E-state index contributed by atoms with van der Waals surface area (Å²) in [7, 11) is 1.80. The Morgan fingerprint density at radius 3 is 2.69 bits per heavy atom. The first-order valence-corrected chi connectivity index (χ1v) is 10.3. The quantitative estimate of drug-likeness (QED) is 0.712. The summed E-state index contributed by atoms with van der Waals surface area (Å²) in [4.78, 5) is 23.6. The van der Waals surface area contributed by atoms with Crippen LogP contribution in [0.2, 0.25) is 0 Å². The molecule has 0 aromatic carbocycles. The van der Waals surface area contributed by atoms with Crippen molar-refractivity contribution in [3.05, 3.63) is 11.6 Å². The van der Waals surface area contributed by atoms with Gasteiger partial charge in [-0.05, 0) is 68.8 Å². The van der Waals surface area contributed by atoms with Crippen molar-refractivity contribution in [1.82, 2.24) is 0 Å². The summed E-state index contributed by atoms with van der Waals surface area (Å²) in [6, 6.07) is 0. The predicted octanol–water partition coefficient (Wildman–Crippen LogP) is 4.08. The molecule has 4 heteroatoms. The molecule has 144 valence electrons. The number of ketones is 1. The average Bonchev–Trinajstić information content (AvgIpc) is 2.91. The van der Waals surface area contributed by atoms with Crippen molar-refractivity contribution < 1.29 is 19.1 Å². The fourth-order valence-corrected chi connectivity index (χ4v) is 7.24. The van der Waals surface area contributed by atoms with E-state index in [0.29, 0.717) is 30.0 Å². The van der Waals surface area contributed by atoms with E-state index in [-0.39, 0.29) is 22.9 Å². The van der Waals surface area contributed by atoms with Crippen molar-refractivity contribution in [2.75, 3.05) is 13.7 Å². The van der Waals surface area contributed by atoms with Gasteiger partial charge >= 0.3 is 5.97 Å². The molecule has 4 nitrogen and oxygen atoms in total. The lowest BCUT2D eigenvalue weighted by Gasteiger charge is -2.58. The topological polar surface area (TPSA) is 52.6 Å². The molecule has 0 N–H and O–H groups in total. The van der Waals surface area contributed by atoms with Crippen LogP contribution in [-0.2, 0) is 19.1 Å². The van der Waals surface area contributed by atoms with E-state index in [1.165, 1.54) is 18.9 Å². The number of hydrogen-bond acceptors (Lipinski definition) is 4. The molecule has 4 aliphatic rings. The summed E-state index contributed by atoms with van der Waals surface area (Å²) in [5.74, 6) is 2.04. The molecule has 0 saturated heterocycles. The Hall–Kier alpha value is -1.16. The zero-order valence-electron chi connectivity index (χ0n) is 16.4. The van der Waals surface area contributed by atoms with Gasteiger partial charge in [-0.25, -0.2) is 0 Å². The van der Waals surface area contributed by atoms with Gasteiger partial charge in [0.2, 0.25) is 0 Å². The number of carbonyl (C=O) groups excluding carboxylic acids is 2. The third kappa shape index (κ3) is 2.59. The van der Waals surface area contributed by atoms with Crippen LogP contribution in [0.15, 0.2) is 11.6 Å². The van der Waals surface area contributed by atoms with E-state index in [1.54, 1.807) is 7.11 Å². The van der Waals surface area contributed by atoms with E-state index in [9.17, 15) is 9.59 Å². The van der Waals surface area contributed by atoms with E-state index in [2.05, 4.69) is 6.92 Å². The van der Waals surface area contributed by atoms with E-state index >= 15 is 0 Å². The first kappa shape index (κ1) is 18.2. The van der Waals surface area contributed by atoms with Gasteiger partial charge < -0.3 is 9.47 Å². The number of esters is 1. The minimum Gasteiger partial charge on any atom is -0.462 e. The van der Waals surface area contributed by atoms with Gasteiger partial charge in [0.25, 0.3) is 0 Å². The maximum Gasteiger partial charge on any atom is 0.302 e. The van der Waals surface area contributed by atoms with E-state index in [0.717, 1.165) is 45.1 Å². The molecule has 3 fully saturated rings. The highest BCUT2D eigenvalue weighted by Gasteiger charge is 2.61. The van der Waals surface area contributed by atoms with Gasteiger partial charge in [-0.1, -0.05) is 12.5 Å². The van der Waals surface area contributed by atoms with E-state index in [4.69, 9.17) is 9.47 Å². The Bertz CT molecular complexity index is 638. The zero-order valence-corrected chi connectivity index (χ0v) is 16.4. The number of methoxy groups -OCH3 is 1. The molecule has 0 aromatic rings. The Morgan fingerprint density at radius 2 is 1.96 bits per heavy atom. The largest absolute Gasteiger partial charge is 0.462 e. The van der Waals surface area contributed by atoms with Crippen LogP contribution >= 0.6 is 0 Å². The maximum atomic E-state index is 12.0. The molecule has 1 unspecified atom stereocenters. The zero-order chi connectivity index (χ0) is 18.5. The summed E-state index contributed by atoms with van der Waals surface area (Å²) in [6.45, 7) is 4.63. The van der Waals surface area contributed by atoms with Gasteiger partial charge in [-0.3, -0.25) is 9.59 Å². The van der Waals surface area contributed by atoms with Crippen molar-refractivity contribution in [3.63, 3.8) is 0 Å². The van der Waals surface area contributed by atoms with E-state index in [1.807, 2.05) is 6.08 Å². The fourth-order valence-electron chi connectivity index (χ4n) is 7.24. The molecule has 0 bridgehead atoms. The maximum absolute atomic E-state index is 12.0. The van der Waals surface area contributed by atoms with Crippen LogP contribution in [0.5, 0.6) is 0 Å². The molecule has 0 amide bonds. The molecule has 0 aromatic heterocycles. The lowest BCUT2D eigenvalue weighted by atomic mass is 9.47. The standard InChI is InChI=1S/C22H32O4/c1-14(23)26-20-7-6-18-17-5-4-15-12-16(24)8-11-22(15,13-25-3)19(17)9-10-21(18,20)2/h12,17-20H,4-11,13H2,1-3H3/t17-,18-,19-,20?,21-,22+/m0/s1. The Labute approximate surface area is 156 Å². The lowest BCUT2D eigenvalue weighted by Crippen LogP contribution is -2.54. The van der Waals surface area contributed by atoms with Gasteiger partial charge in [0.15, 0.2) is 5.78 Å². The van der Waals surface area contributed by atoms with Crippen LogP contribution in [0.4, 0.5) is 0 Å². The number of carbonyl (C=O) groups is 2. The number of rotatable bonds is 3. The highest BCUT2D eigenvalue weighted by atomic mass is 16.5. The average molecular weight is 360 g/mol. The third-order valence-electron chi connectivity index (χ3n) is 8.31. The Balaban J connectivity index is 1.65. The molecular weight excluding hydrogens is 328 g/mol. The lowest BCUT2D eigenvalue weighted by molar-refractivity contribution is -0.158. The van der Waals surface area contributed by atoms with Crippen molar-refractivity contribution in [2.45, 2.75) is 71.3 Å². The second kappa shape index (κ2) is 6.47. The van der Waals surface area contributed by atoms with Crippen LogP contribution in [0.25, 0.3) is 0 Å². The summed E-state index contributed by atoms with van der Waals surface area (Å²) in [5, 5.41) is 0. The highest BCUT2D eigenvalue weighted by Crippen LogP contribution is 2.65. The van der Waals surface area contributed by atoms with Crippen LogP contribution in [0, 0.1) is 28.6 Å². The van der Waals surface area contributed by atoms with Crippen molar-refractivity contribution in [2.24, 2.45) is 28.6 Å². The number of ether oxygens (including phenoxy) is 2. The van der Waals surface area contributed by atoms with Gasteiger partial charge in [0.1, 0.15) is 6.10 Å². The minimum absolute atomic E-state index is 0.0619. The molecule has 0 aliphatic heterocycles. The summed E-state index contributed by atoms with van der Waals surface area (Å²) in [5.41, 5.74) is 1.54. The van der Waals surface area contributed by atoms with E-state index < -0.39 is 0 Å².